The van der Waals surface area contributed by atoms with Crippen LogP contribution in [0.1, 0.15) is 16.1 Å². The average molecular weight is 302 g/mol. The van der Waals surface area contributed by atoms with E-state index >= 15 is 0 Å². The van der Waals surface area contributed by atoms with Crippen LogP contribution in [-0.4, -0.2) is 25.9 Å². The molecule has 2 heterocycles. The zero-order chi connectivity index (χ0) is 14.7. The molecule has 2 N–H and O–H groups in total. The third kappa shape index (κ3) is 3.11. The van der Waals surface area contributed by atoms with E-state index in [0.717, 1.165) is 5.56 Å². The lowest BCUT2D eigenvalue weighted by Crippen LogP contribution is -2.13. The zero-order valence-electron chi connectivity index (χ0n) is 11.0. The summed E-state index contributed by atoms with van der Waals surface area (Å²) >= 11 is 5.83. The van der Waals surface area contributed by atoms with Crippen LogP contribution in [0.2, 0.25) is 5.02 Å². The number of nitrogens with zero attached hydrogens (tertiary/aromatic N) is 3. The van der Waals surface area contributed by atoms with Gasteiger partial charge in [0.25, 0.3) is 5.91 Å². The highest BCUT2D eigenvalue weighted by molar-refractivity contribution is 6.34. The normalized spacial score (nSPS) is 10.5. The fourth-order valence-corrected chi connectivity index (χ4v) is 2.07. The SMILES string of the molecule is O=C(Nc1ccn(Cc2ccccc2)n1)c1[nH]ncc1Cl. The average Bonchev–Trinajstić information content (AvgIpc) is 3.09. The summed E-state index contributed by atoms with van der Waals surface area (Å²) in [6.07, 6.45) is 3.18. The Morgan fingerprint density at radius 2 is 2.10 bits per heavy atom. The lowest BCUT2D eigenvalue weighted by molar-refractivity contribution is 0.102. The molecule has 0 atom stereocenters. The lowest BCUT2D eigenvalue weighted by Gasteiger charge is -2.02. The number of aromatic amines is 1. The number of anilines is 1. The van der Waals surface area contributed by atoms with Crippen LogP contribution in [0.4, 0.5) is 5.82 Å². The van der Waals surface area contributed by atoms with Crippen molar-refractivity contribution >= 4 is 23.3 Å². The molecular weight excluding hydrogens is 290 g/mol. The van der Waals surface area contributed by atoms with Gasteiger partial charge < -0.3 is 5.32 Å². The van der Waals surface area contributed by atoms with Gasteiger partial charge in [-0.2, -0.15) is 10.2 Å². The number of carbonyl (C=O) groups excluding carboxylic acids is 1. The van der Waals surface area contributed by atoms with Gasteiger partial charge in [0.05, 0.1) is 17.8 Å². The number of carbonyl (C=O) groups is 1. The minimum absolute atomic E-state index is 0.217. The second-order valence-electron chi connectivity index (χ2n) is 4.43. The van der Waals surface area contributed by atoms with E-state index in [9.17, 15) is 4.79 Å². The molecule has 0 bridgehead atoms. The Labute approximate surface area is 125 Å². The summed E-state index contributed by atoms with van der Waals surface area (Å²) in [7, 11) is 0. The second kappa shape index (κ2) is 5.80. The molecule has 21 heavy (non-hydrogen) atoms. The molecule has 0 saturated heterocycles. The van der Waals surface area contributed by atoms with Crippen molar-refractivity contribution in [2.24, 2.45) is 0 Å². The summed E-state index contributed by atoms with van der Waals surface area (Å²) < 4.78 is 1.75. The molecule has 0 radical (unpaired) electrons. The van der Waals surface area contributed by atoms with Crippen LogP contribution in [0.25, 0.3) is 0 Å². The third-order valence-corrected chi connectivity index (χ3v) is 3.18. The first-order valence-corrected chi connectivity index (χ1v) is 6.68. The summed E-state index contributed by atoms with van der Waals surface area (Å²) in [6, 6.07) is 11.7. The molecule has 0 aliphatic rings. The maximum absolute atomic E-state index is 11.9. The zero-order valence-corrected chi connectivity index (χ0v) is 11.7. The molecule has 7 heteroatoms. The van der Waals surface area contributed by atoms with Crippen LogP contribution >= 0.6 is 11.6 Å². The molecular formula is C14H12ClN5O. The molecule has 2 aromatic heterocycles. The molecule has 0 spiro atoms. The van der Waals surface area contributed by atoms with Crippen molar-refractivity contribution in [3.8, 4) is 0 Å². The predicted octanol–water partition coefficient (Wildman–Crippen LogP) is 2.56. The number of H-pyrrole nitrogens is 1. The van der Waals surface area contributed by atoms with Crippen molar-refractivity contribution in [2.45, 2.75) is 6.54 Å². The van der Waals surface area contributed by atoms with Gasteiger partial charge in [-0.3, -0.25) is 14.6 Å². The lowest BCUT2D eigenvalue weighted by atomic mass is 10.2. The smallest absolute Gasteiger partial charge is 0.276 e. The number of rotatable bonds is 4. The van der Waals surface area contributed by atoms with E-state index in [2.05, 4.69) is 20.6 Å². The first-order chi connectivity index (χ1) is 10.2. The van der Waals surface area contributed by atoms with Gasteiger partial charge in [0.15, 0.2) is 5.82 Å². The fourth-order valence-electron chi connectivity index (χ4n) is 1.90. The van der Waals surface area contributed by atoms with E-state index in [1.807, 2.05) is 30.3 Å². The topological polar surface area (TPSA) is 75.6 Å². The molecule has 0 aliphatic heterocycles. The first kappa shape index (κ1) is 13.4. The molecule has 0 aliphatic carbocycles. The maximum atomic E-state index is 11.9. The molecule has 3 aromatic rings. The number of hydrogen-bond donors (Lipinski definition) is 2. The van der Waals surface area contributed by atoms with Gasteiger partial charge in [0.1, 0.15) is 5.69 Å². The van der Waals surface area contributed by atoms with Gasteiger partial charge in [-0.1, -0.05) is 41.9 Å². The highest BCUT2D eigenvalue weighted by atomic mass is 35.5. The van der Waals surface area contributed by atoms with Crippen LogP contribution < -0.4 is 5.32 Å². The Morgan fingerprint density at radius 1 is 1.29 bits per heavy atom. The van der Waals surface area contributed by atoms with Gasteiger partial charge in [0, 0.05) is 12.3 Å². The highest BCUT2D eigenvalue weighted by Crippen LogP contribution is 2.13. The number of halogens is 1. The molecule has 106 valence electrons. The van der Waals surface area contributed by atoms with Gasteiger partial charge in [-0.25, -0.2) is 0 Å². The van der Waals surface area contributed by atoms with Crippen LogP contribution in [-0.2, 0) is 6.54 Å². The Hall–Kier alpha value is -2.60. The van der Waals surface area contributed by atoms with Crippen molar-refractivity contribution in [1.29, 1.82) is 0 Å². The van der Waals surface area contributed by atoms with E-state index in [1.54, 1.807) is 16.9 Å². The van der Waals surface area contributed by atoms with Crippen LogP contribution in [0.5, 0.6) is 0 Å². The van der Waals surface area contributed by atoms with Crippen LogP contribution in [0.3, 0.4) is 0 Å². The second-order valence-corrected chi connectivity index (χ2v) is 4.84. The Balaban J connectivity index is 1.68. The van der Waals surface area contributed by atoms with E-state index in [0.29, 0.717) is 12.4 Å². The highest BCUT2D eigenvalue weighted by Gasteiger charge is 2.13. The molecule has 1 amide bonds. The van der Waals surface area contributed by atoms with Gasteiger partial charge in [-0.05, 0) is 5.56 Å². The molecule has 0 fully saturated rings. The van der Waals surface area contributed by atoms with Crippen molar-refractivity contribution in [3.63, 3.8) is 0 Å². The molecule has 1 aromatic carbocycles. The number of nitrogens with one attached hydrogen (secondary N) is 2. The quantitative estimate of drug-likeness (QED) is 0.777. The van der Waals surface area contributed by atoms with Crippen molar-refractivity contribution in [2.75, 3.05) is 5.32 Å². The van der Waals surface area contributed by atoms with Crippen molar-refractivity contribution in [1.82, 2.24) is 20.0 Å². The number of benzene rings is 1. The number of amides is 1. The Bertz CT molecular complexity index is 750. The Morgan fingerprint density at radius 3 is 2.81 bits per heavy atom. The summed E-state index contributed by atoms with van der Waals surface area (Å²) in [4.78, 5) is 11.9. The van der Waals surface area contributed by atoms with E-state index in [-0.39, 0.29) is 16.6 Å². The molecule has 0 unspecified atom stereocenters. The van der Waals surface area contributed by atoms with Crippen LogP contribution in [0.15, 0.2) is 48.8 Å². The van der Waals surface area contributed by atoms with Gasteiger partial charge in [0.2, 0.25) is 0 Å². The van der Waals surface area contributed by atoms with E-state index in [4.69, 9.17) is 11.6 Å². The van der Waals surface area contributed by atoms with E-state index in [1.165, 1.54) is 6.20 Å². The standard InChI is InChI=1S/C14H12ClN5O/c15-11-8-16-18-13(11)14(21)17-12-6-7-20(19-12)9-10-4-2-1-3-5-10/h1-8H,9H2,(H,16,18)(H,17,19,21). The largest absolute Gasteiger partial charge is 0.304 e. The van der Waals surface area contributed by atoms with Crippen molar-refractivity contribution < 1.29 is 4.79 Å². The minimum Gasteiger partial charge on any atom is -0.304 e. The van der Waals surface area contributed by atoms with Crippen molar-refractivity contribution in [3.05, 3.63) is 65.1 Å². The fraction of sp³-hybridized carbons (Fsp3) is 0.0714. The number of hydrogen-bond acceptors (Lipinski definition) is 3. The summed E-state index contributed by atoms with van der Waals surface area (Å²) in [5.74, 6) is 0.0871. The first-order valence-electron chi connectivity index (χ1n) is 6.30. The van der Waals surface area contributed by atoms with Crippen LogP contribution in [0, 0.1) is 0 Å². The maximum Gasteiger partial charge on any atom is 0.276 e. The third-order valence-electron chi connectivity index (χ3n) is 2.89. The molecule has 0 saturated carbocycles. The molecule has 3 rings (SSSR count). The number of aromatic nitrogens is 4. The molecule has 6 nitrogen and oxygen atoms in total. The van der Waals surface area contributed by atoms with Gasteiger partial charge >= 0.3 is 0 Å². The summed E-state index contributed by atoms with van der Waals surface area (Å²) in [6.45, 7) is 0.640. The summed E-state index contributed by atoms with van der Waals surface area (Å²) in [5, 5.41) is 13.5. The predicted molar refractivity (Wildman–Crippen MR) is 79.3 cm³/mol. The van der Waals surface area contributed by atoms with Gasteiger partial charge in [-0.15, -0.1) is 0 Å². The minimum atomic E-state index is -0.373. The Kier molecular flexibility index (Phi) is 3.70. The summed E-state index contributed by atoms with van der Waals surface area (Å²) in [5.41, 5.74) is 1.35. The monoisotopic (exact) mass is 301 g/mol. The van der Waals surface area contributed by atoms with E-state index < -0.39 is 0 Å².